The van der Waals surface area contributed by atoms with Crippen LogP contribution in [0.4, 0.5) is 10.5 Å². The van der Waals surface area contributed by atoms with Crippen LogP contribution in [0, 0.1) is 5.92 Å². The third kappa shape index (κ3) is 5.64. The van der Waals surface area contributed by atoms with Crippen molar-refractivity contribution in [2.75, 3.05) is 12.0 Å². The number of benzene rings is 2. The second kappa shape index (κ2) is 10.2. The fourth-order valence-corrected chi connectivity index (χ4v) is 5.61. The quantitative estimate of drug-likeness (QED) is 0.408. The van der Waals surface area contributed by atoms with E-state index in [9.17, 15) is 18.0 Å². The van der Waals surface area contributed by atoms with Crippen LogP contribution >= 0.6 is 11.6 Å². The molecule has 3 N–H and O–H groups in total. The van der Waals surface area contributed by atoms with Gasteiger partial charge in [0.15, 0.2) is 0 Å². The number of carbonyl (C=O) groups excluding carboxylic acids is 2. The lowest BCUT2D eigenvalue weighted by Crippen LogP contribution is -2.45. The zero-order chi connectivity index (χ0) is 24.3. The molecular formula is C24H29ClN4O4S. The largest absolute Gasteiger partial charge is 0.367 e. The molecule has 8 nitrogen and oxygen atoms in total. The number of rotatable bonds is 6. The van der Waals surface area contributed by atoms with Crippen LogP contribution in [0.25, 0.3) is 0 Å². The number of sulfonamides is 1. The SMILES string of the molecule is CC1CCC(NC(=O)NS(=O)(=O)c2ccc(CC(Cl)N3CNc4ccccc4C3=O)cc2)CC1. The molecule has 1 aliphatic heterocycles. The molecule has 10 heteroatoms. The van der Waals surface area contributed by atoms with E-state index in [1.165, 1.54) is 17.0 Å². The van der Waals surface area contributed by atoms with Crippen molar-refractivity contribution in [2.24, 2.45) is 5.92 Å². The first-order valence-electron chi connectivity index (χ1n) is 11.4. The Hall–Kier alpha value is -2.78. The van der Waals surface area contributed by atoms with Gasteiger partial charge >= 0.3 is 6.03 Å². The molecule has 0 saturated heterocycles. The van der Waals surface area contributed by atoms with Gasteiger partial charge in [-0.15, -0.1) is 0 Å². The van der Waals surface area contributed by atoms with Crippen LogP contribution in [0.2, 0.25) is 0 Å². The number of fused-ring (bicyclic) bond motifs is 1. The van der Waals surface area contributed by atoms with E-state index >= 15 is 0 Å². The van der Waals surface area contributed by atoms with Crippen LogP contribution in [-0.2, 0) is 16.4 Å². The molecule has 1 aliphatic carbocycles. The molecule has 1 fully saturated rings. The average Bonchev–Trinajstić information content (AvgIpc) is 2.81. The van der Waals surface area contributed by atoms with Crippen LogP contribution in [0.5, 0.6) is 0 Å². The molecule has 0 radical (unpaired) electrons. The number of nitrogens with zero attached hydrogens (tertiary/aromatic N) is 1. The summed E-state index contributed by atoms with van der Waals surface area (Å²) in [6, 6.07) is 12.7. The molecular weight excluding hydrogens is 476 g/mol. The minimum atomic E-state index is -4.00. The molecule has 34 heavy (non-hydrogen) atoms. The van der Waals surface area contributed by atoms with Crippen molar-refractivity contribution in [2.45, 2.75) is 55.5 Å². The van der Waals surface area contributed by atoms with Crippen LogP contribution in [0.1, 0.15) is 48.5 Å². The number of nitrogens with one attached hydrogen (secondary N) is 3. The molecule has 2 aliphatic rings. The third-order valence-corrected chi connectivity index (χ3v) is 8.15. The molecule has 1 unspecified atom stereocenters. The zero-order valence-electron chi connectivity index (χ0n) is 19.0. The maximum Gasteiger partial charge on any atom is 0.328 e. The molecule has 182 valence electrons. The summed E-state index contributed by atoms with van der Waals surface area (Å²) in [5, 5.41) is 5.94. The Morgan fingerprint density at radius 3 is 2.50 bits per heavy atom. The summed E-state index contributed by atoms with van der Waals surface area (Å²) in [6.45, 7) is 2.46. The molecule has 2 aromatic rings. The second-order valence-electron chi connectivity index (χ2n) is 8.97. The van der Waals surface area contributed by atoms with Gasteiger partial charge < -0.3 is 15.5 Å². The fourth-order valence-electron chi connectivity index (χ4n) is 4.36. The summed E-state index contributed by atoms with van der Waals surface area (Å²) in [4.78, 5) is 26.5. The molecule has 0 spiro atoms. The molecule has 0 bridgehead atoms. The first kappa shape index (κ1) is 24.3. The number of hydrogen-bond donors (Lipinski definition) is 3. The predicted octanol–water partition coefficient (Wildman–Crippen LogP) is 3.89. The van der Waals surface area contributed by atoms with E-state index in [0.717, 1.165) is 36.9 Å². The van der Waals surface area contributed by atoms with Gasteiger partial charge in [-0.2, -0.15) is 0 Å². The van der Waals surface area contributed by atoms with Crippen LogP contribution < -0.4 is 15.4 Å². The highest BCUT2D eigenvalue weighted by Crippen LogP contribution is 2.26. The Morgan fingerprint density at radius 2 is 1.79 bits per heavy atom. The first-order valence-corrected chi connectivity index (χ1v) is 13.3. The summed E-state index contributed by atoms with van der Waals surface area (Å²) in [5.41, 5.74) is 1.49. The molecule has 1 saturated carbocycles. The Morgan fingerprint density at radius 1 is 1.12 bits per heavy atom. The van der Waals surface area contributed by atoms with E-state index in [1.54, 1.807) is 24.3 Å². The van der Waals surface area contributed by atoms with E-state index in [-0.39, 0.29) is 23.5 Å². The molecule has 4 rings (SSSR count). The van der Waals surface area contributed by atoms with Gasteiger partial charge in [-0.3, -0.25) is 4.79 Å². The number of carbonyl (C=O) groups is 2. The summed E-state index contributed by atoms with van der Waals surface area (Å²) in [6.07, 6.45) is 4.08. The number of alkyl halides is 1. The minimum Gasteiger partial charge on any atom is -0.367 e. The van der Waals surface area contributed by atoms with Crippen molar-refractivity contribution < 1.29 is 18.0 Å². The Balaban J connectivity index is 1.34. The molecule has 1 heterocycles. The molecule has 1 atom stereocenters. The number of halogens is 1. The minimum absolute atomic E-state index is 0.00613. The lowest BCUT2D eigenvalue weighted by Gasteiger charge is -2.33. The third-order valence-electron chi connectivity index (χ3n) is 6.41. The van der Waals surface area contributed by atoms with E-state index < -0.39 is 21.6 Å². The highest BCUT2D eigenvalue weighted by atomic mass is 35.5. The fraction of sp³-hybridized carbons (Fsp3) is 0.417. The van der Waals surface area contributed by atoms with Gasteiger partial charge in [-0.05, 0) is 61.4 Å². The maximum absolute atomic E-state index is 12.8. The Kier molecular flexibility index (Phi) is 7.33. The smallest absolute Gasteiger partial charge is 0.328 e. The number of para-hydroxylation sites is 1. The highest BCUT2D eigenvalue weighted by Gasteiger charge is 2.29. The number of anilines is 1. The second-order valence-corrected chi connectivity index (χ2v) is 11.2. The Labute approximate surface area is 205 Å². The lowest BCUT2D eigenvalue weighted by molar-refractivity contribution is 0.0737. The van der Waals surface area contributed by atoms with Crippen LogP contribution in [-0.4, -0.2) is 43.5 Å². The van der Waals surface area contributed by atoms with E-state index in [2.05, 4.69) is 22.3 Å². The monoisotopic (exact) mass is 504 g/mol. The Bertz CT molecular complexity index is 1150. The summed E-state index contributed by atoms with van der Waals surface area (Å²) in [5.74, 6) is 0.479. The van der Waals surface area contributed by atoms with Crippen molar-refractivity contribution in [3.8, 4) is 0 Å². The van der Waals surface area contributed by atoms with Gasteiger partial charge in [0.2, 0.25) is 0 Å². The van der Waals surface area contributed by atoms with Gasteiger partial charge in [0.1, 0.15) is 5.50 Å². The molecule has 0 aromatic heterocycles. The lowest BCUT2D eigenvalue weighted by atomic mass is 9.87. The van der Waals surface area contributed by atoms with E-state index in [4.69, 9.17) is 11.6 Å². The topological polar surface area (TPSA) is 108 Å². The predicted molar refractivity (Wildman–Crippen MR) is 131 cm³/mol. The maximum atomic E-state index is 12.8. The van der Waals surface area contributed by atoms with E-state index in [0.29, 0.717) is 17.9 Å². The van der Waals surface area contributed by atoms with Crippen LogP contribution in [0.15, 0.2) is 53.4 Å². The zero-order valence-corrected chi connectivity index (χ0v) is 20.5. The van der Waals surface area contributed by atoms with Crippen molar-refractivity contribution >= 4 is 39.2 Å². The number of amides is 3. The van der Waals surface area contributed by atoms with Gasteiger partial charge in [-0.1, -0.05) is 42.8 Å². The van der Waals surface area contributed by atoms with Gasteiger partial charge in [0.05, 0.1) is 17.1 Å². The van der Waals surface area contributed by atoms with Gasteiger partial charge in [0.25, 0.3) is 15.9 Å². The van der Waals surface area contributed by atoms with Crippen molar-refractivity contribution in [3.63, 3.8) is 0 Å². The molecule has 3 amide bonds. The van der Waals surface area contributed by atoms with Crippen molar-refractivity contribution in [3.05, 3.63) is 59.7 Å². The van der Waals surface area contributed by atoms with E-state index in [1.807, 2.05) is 12.1 Å². The van der Waals surface area contributed by atoms with Crippen molar-refractivity contribution in [1.82, 2.24) is 14.9 Å². The van der Waals surface area contributed by atoms with Gasteiger partial charge in [-0.25, -0.2) is 17.9 Å². The number of urea groups is 1. The average molecular weight is 505 g/mol. The molecule has 2 aromatic carbocycles. The first-order chi connectivity index (χ1) is 16.2. The summed E-state index contributed by atoms with van der Waals surface area (Å²) in [7, 11) is -4.00. The highest BCUT2D eigenvalue weighted by molar-refractivity contribution is 7.90. The van der Waals surface area contributed by atoms with Crippen LogP contribution in [0.3, 0.4) is 0 Å². The normalized spacial score (nSPS) is 21.2. The summed E-state index contributed by atoms with van der Waals surface area (Å²) < 4.78 is 27.3. The van der Waals surface area contributed by atoms with Crippen molar-refractivity contribution in [1.29, 1.82) is 0 Å². The summed E-state index contributed by atoms with van der Waals surface area (Å²) >= 11 is 6.54. The number of hydrogen-bond acceptors (Lipinski definition) is 5. The standard InChI is InChI=1S/C24H29ClN4O4S/c1-16-6-10-18(11-7-16)27-24(31)28-34(32,33)19-12-8-17(9-13-19)14-22(25)29-15-26-21-5-3-2-4-20(21)23(29)30/h2-5,8-9,12-13,16,18,22,26H,6-7,10-11,14-15H2,1H3,(H2,27,28,31). The van der Waals surface area contributed by atoms with Gasteiger partial charge in [0, 0.05) is 18.2 Å².